The number of carboxylic acids is 1. The maximum atomic E-state index is 13.2. The Balaban J connectivity index is 1.44. The number of nitrogens with one attached hydrogen (secondary N) is 1. The van der Waals surface area contributed by atoms with Gasteiger partial charge in [-0.3, -0.25) is 9.69 Å². The van der Waals surface area contributed by atoms with E-state index in [1.54, 1.807) is 24.3 Å². The Hall–Kier alpha value is -2.87. The van der Waals surface area contributed by atoms with Crippen LogP contribution in [-0.4, -0.2) is 34.5 Å². The van der Waals surface area contributed by atoms with Crippen molar-refractivity contribution in [2.75, 3.05) is 6.54 Å². The summed E-state index contributed by atoms with van der Waals surface area (Å²) in [5.41, 5.74) is 0.680. The van der Waals surface area contributed by atoms with E-state index in [1.807, 2.05) is 4.90 Å². The Kier molecular flexibility index (Phi) is 5.99. The highest BCUT2D eigenvalue weighted by Gasteiger charge is 2.47. The summed E-state index contributed by atoms with van der Waals surface area (Å²) in [6.07, 6.45) is -0.241. The molecule has 0 spiro atoms. The number of aromatic carboxylic acids is 1. The molecule has 32 heavy (non-hydrogen) atoms. The van der Waals surface area contributed by atoms with Crippen molar-refractivity contribution in [3.8, 4) is 0 Å². The predicted octanol–water partition coefficient (Wildman–Crippen LogP) is 4.56. The molecule has 4 rings (SSSR count). The van der Waals surface area contributed by atoms with Crippen LogP contribution in [-0.2, 0) is 23.1 Å². The highest BCUT2D eigenvalue weighted by molar-refractivity contribution is 5.87. The van der Waals surface area contributed by atoms with Gasteiger partial charge in [-0.2, -0.15) is 13.2 Å². The third-order valence-corrected chi connectivity index (χ3v) is 6.38. The summed E-state index contributed by atoms with van der Waals surface area (Å²) in [5, 5.41) is 12.3. The minimum atomic E-state index is -4.37. The fraction of sp³-hybridized carbons (Fsp3) is 0.417. The second kappa shape index (κ2) is 8.58. The van der Waals surface area contributed by atoms with Crippen molar-refractivity contribution >= 4 is 11.9 Å². The summed E-state index contributed by atoms with van der Waals surface area (Å²) >= 11 is 0. The topological polar surface area (TPSA) is 69.6 Å². The first-order chi connectivity index (χ1) is 15.2. The van der Waals surface area contributed by atoms with E-state index in [0.29, 0.717) is 19.5 Å². The number of hydrogen-bond acceptors (Lipinski definition) is 3. The number of carboxylic acid groups (broad SMARTS) is 1. The van der Waals surface area contributed by atoms with Crippen LogP contribution in [0.15, 0.2) is 48.5 Å². The van der Waals surface area contributed by atoms with Gasteiger partial charge in [0.05, 0.1) is 22.7 Å². The van der Waals surface area contributed by atoms with Crippen molar-refractivity contribution in [3.05, 3.63) is 70.8 Å². The van der Waals surface area contributed by atoms with Crippen LogP contribution in [0.3, 0.4) is 0 Å². The van der Waals surface area contributed by atoms with Crippen LogP contribution in [0.4, 0.5) is 13.2 Å². The van der Waals surface area contributed by atoms with Gasteiger partial charge >= 0.3 is 12.1 Å². The van der Waals surface area contributed by atoms with Gasteiger partial charge in [0, 0.05) is 6.54 Å². The van der Waals surface area contributed by atoms with Crippen LogP contribution in [0.1, 0.15) is 59.2 Å². The molecule has 1 saturated carbocycles. The largest absolute Gasteiger partial charge is 0.478 e. The molecule has 8 heteroatoms. The van der Waals surface area contributed by atoms with E-state index in [0.717, 1.165) is 48.9 Å². The zero-order valence-corrected chi connectivity index (χ0v) is 17.5. The predicted molar refractivity (Wildman–Crippen MR) is 112 cm³/mol. The number of amides is 1. The molecule has 0 unspecified atom stereocenters. The van der Waals surface area contributed by atoms with Crippen LogP contribution in [0, 0.1) is 0 Å². The van der Waals surface area contributed by atoms with Gasteiger partial charge < -0.3 is 10.4 Å². The summed E-state index contributed by atoms with van der Waals surface area (Å²) in [7, 11) is 0. The second-order valence-electron chi connectivity index (χ2n) is 8.63. The molecule has 1 heterocycles. The van der Waals surface area contributed by atoms with Gasteiger partial charge in [0.2, 0.25) is 5.91 Å². The van der Waals surface area contributed by atoms with Crippen molar-refractivity contribution < 1.29 is 27.9 Å². The average molecular weight is 446 g/mol. The molecule has 1 atom stereocenters. The zero-order valence-electron chi connectivity index (χ0n) is 17.5. The molecule has 2 aliphatic rings. The molecular formula is C24H25F3N2O3. The minimum absolute atomic E-state index is 0.0866. The lowest BCUT2D eigenvalue weighted by Gasteiger charge is -2.36. The highest BCUT2D eigenvalue weighted by atomic mass is 19.4. The fourth-order valence-corrected chi connectivity index (χ4v) is 4.37. The SMILES string of the molecule is O=C(O)c1ccc(C2(NC(=O)[C@H]3CCCCN3Cc3ccc(C(F)(F)F)cc3)CC2)cc1. The Morgan fingerprint density at radius 2 is 1.69 bits per heavy atom. The van der Waals surface area contributed by atoms with Crippen LogP contribution in [0.5, 0.6) is 0 Å². The zero-order chi connectivity index (χ0) is 22.9. The number of halogens is 3. The van der Waals surface area contributed by atoms with E-state index in [4.69, 9.17) is 5.11 Å². The maximum absolute atomic E-state index is 13.2. The minimum Gasteiger partial charge on any atom is -0.478 e. The van der Waals surface area contributed by atoms with E-state index in [-0.39, 0.29) is 17.5 Å². The Morgan fingerprint density at radius 3 is 2.25 bits per heavy atom. The van der Waals surface area contributed by atoms with Crippen molar-refractivity contribution in [3.63, 3.8) is 0 Å². The lowest BCUT2D eigenvalue weighted by atomic mass is 9.98. The molecule has 1 amide bonds. The van der Waals surface area contributed by atoms with E-state index in [2.05, 4.69) is 5.32 Å². The highest BCUT2D eigenvalue weighted by Crippen LogP contribution is 2.45. The third kappa shape index (κ3) is 4.80. The fourth-order valence-electron chi connectivity index (χ4n) is 4.37. The molecule has 2 aromatic rings. The molecule has 5 nitrogen and oxygen atoms in total. The molecule has 2 fully saturated rings. The van der Waals surface area contributed by atoms with Crippen LogP contribution >= 0.6 is 0 Å². The standard InChI is InChI=1S/C24H25F3N2O3/c25-24(26,27)19-8-4-16(5-9-19)15-29-14-2-1-3-20(29)21(30)28-23(12-13-23)18-10-6-17(7-11-18)22(31)32/h4-11,20H,1-3,12-15H2,(H,28,30)(H,31,32)/t20-/m1/s1. The van der Waals surface area contributed by atoms with Crippen LogP contribution < -0.4 is 5.32 Å². The van der Waals surface area contributed by atoms with Crippen molar-refractivity contribution in [2.45, 2.75) is 56.4 Å². The monoisotopic (exact) mass is 446 g/mol. The van der Waals surface area contributed by atoms with Crippen molar-refractivity contribution in [1.29, 1.82) is 0 Å². The first-order valence-electron chi connectivity index (χ1n) is 10.7. The number of benzene rings is 2. The molecule has 1 saturated heterocycles. The Bertz CT molecular complexity index is 983. The number of rotatable bonds is 6. The number of carbonyl (C=O) groups excluding carboxylic acids is 1. The van der Waals surface area contributed by atoms with Gasteiger partial charge in [-0.05, 0) is 67.6 Å². The third-order valence-electron chi connectivity index (χ3n) is 6.38. The molecule has 1 aliphatic heterocycles. The summed E-state index contributed by atoms with van der Waals surface area (Å²) in [4.78, 5) is 26.3. The quantitative estimate of drug-likeness (QED) is 0.683. The molecule has 2 aromatic carbocycles. The van der Waals surface area contributed by atoms with Gasteiger partial charge in [0.1, 0.15) is 0 Å². The van der Waals surface area contributed by atoms with E-state index in [1.165, 1.54) is 12.1 Å². The summed E-state index contributed by atoms with van der Waals surface area (Å²) in [5.74, 6) is -1.08. The molecule has 170 valence electrons. The molecule has 1 aliphatic carbocycles. The van der Waals surface area contributed by atoms with Gasteiger partial charge in [-0.25, -0.2) is 4.79 Å². The molecule has 0 bridgehead atoms. The van der Waals surface area contributed by atoms with Crippen molar-refractivity contribution in [2.24, 2.45) is 0 Å². The van der Waals surface area contributed by atoms with Gasteiger partial charge in [-0.1, -0.05) is 30.7 Å². The van der Waals surface area contributed by atoms with E-state index >= 15 is 0 Å². The van der Waals surface area contributed by atoms with Crippen LogP contribution in [0.25, 0.3) is 0 Å². The molecular weight excluding hydrogens is 421 g/mol. The number of piperidine rings is 1. The van der Waals surface area contributed by atoms with Gasteiger partial charge in [-0.15, -0.1) is 0 Å². The lowest BCUT2D eigenvalue weighted by molar-refractivity contribution is -0.137. The van der Waals surface area contributed by atoms with Gasteiger partial charge in [0.15, 0.2) is 0 Å². The Labute approximate surface area is 184 Å². The Morgan fingerprint density at radius 1 is 1.03 bits per heavy atom. The summed E-state index contributed by atoms with van der Waals surface area (Å²) in [6, 6.07) is 11.3. The molecule has 0 aromatic heterocycles. The van der Waals surface area contributed by atoms with Crippen molar-refractivity contribution in [1.82, 2.24) is 10.2 Å². The number of carbonyl (C=O) groups is 2. The number of likely N-dealkylation sites (tertiary alicyclic amines) is 1. The number of alkyl halides is 3. The maximum Gasteiger partial charge on any atom is 0.416 e. The van der Waals surface area contributed by atoms with Gasteiger partial charge in [0.25, 0.3) is 0 Å². The van der Waals surface area contributed by atoms with E-state index < -0.39 is 23.2 Å². The lowest BCUT2D eigenvalue weighted by Crippen LogP contribution is -2.51. The average Bonchev–Trinajstić information content (AvgIpc) is 3.54. The molecule has 0 radical (unpaired) electrons. The normalized spacial score (nSPS) is 20.5. The number of nitrogens with zero attached hydrogens (tertiary/aromatic N) is 1. The summed E-state index contributed by atoms with van der Waals surface area (Å²) in [6.45, 7) is 1.12. The first-order valence-corrected chi connectivity index (χ1v) is 10.7. The number of hydrogen-bond donors (Lipinski definition) is 2. The summed E-state index contributed by atoms with van der Waals surface area (Å²) < 4.78 is 38.5. The van der Waals surface area contributed by atoms with E-state index in [9.17, 15) is 22.8 Å². The molecule has 2 N–H and O–H groups in total. The van der Waals surface area contributed by atoms with Crippen LogP contribution in [0.2, 0.25) is 0 Å². The first kappa shape index (κ1) is 22.3. The smallest absolute Gasteiger partial charge is 0.416 e. The second-order valence-corrected chi connectivity index (χ2v) is 8.63.